The zero-order valence-corrected chi connectivity index (χ0v) is 18.2. The number of hydrogen-bond acceptors (Lipinski definition) is 4. The van der Waals surface area contributed by atoms with Gasteiger partial charge in [0.1, 0.15) is 14.7 Å². The Morgan fingerprint density at radius 1 is 1.22 bits per heavy atom. The normalized spacial score (nSPS) is 10.4. The van der Waals surface area contributed by atoms with Gasteiger partial charge in [0.2, 0.25) is 0 Å². The number of aliphatic hydroxyl groups excluding tert-OH is 1. The third-order valence-electron chi connectivity index (χ3n) is 2.27. The van der Waals surface area contributed by atoms with Crippen LogP contribution in [0.15, 0.2) is 28.7 Å². The monoisotopic (exact) mass is 653 g/mol. The Morgan fingerprint density at radius 3 is 2.39 bits per heavy atom. The number of hydrogen-bond donors (Lipinski definition) is 2. The molecule has 93 valence electrons. The fourth-order valence-corrected chi connectivity index (χ4v) is 3.07. The van der Waals surface area contributed by atoms with Gasteiger partial charge in [-0.1, -0.05) is 0 Å². The van der Waals surface area contributed by atoms with Crippen molar-refractivity contribution in [1.82, 2.24) is 0 Å². The molecule has 18 heavy (non-hydrogen) atoms. The zero-order valence-electron chi connectivity index (χ0n) is 8.71. The quantitative estimate of drug-likeness (QED) is 0.463. The molecule has 0 bridgehead atoms. The van der Waals surface area contributed by atoms with Crippen LogP contribution in [0.1, 0.15) is 5.56 Å². The molecule has 4 nitrogen and oxygen atoms in total. The Balaban J connectivity index is 0.00000162. The molecule has 1 heterocycles. The first-order valence-electron chi connectivity index (χ1n) is 4.40. The maximum atomic E-state index is 11.5. The van der Waals surface area contributed by atoms with Crippen molar-refractivity contribution in [2.75, 3.05) is 0 Å². The van der Waals surface area contributed by atoms with Crippen LogP contribution in [0.2, 0.25) is 0 Å². The summed E-state index contributed by atoms with van der Waals surface area (Å²) in [5, 5.41) is 19.5. The number of rotatable bonds is 1. The Hall–Kier alpha value is 1.07. The molecule has 2 rings (SSSR count). The zero-order chi connectivity index (χ0) is 12.7. The maximum Gasteiger partial charge on any atom is 0.351 e. The summed E-state index contributed by atoms with van der Waals surface area (Å²) in [6, 6.07) is 1.58. The summed E-state index contributed by atoms with van der Waals surface area (Å²) in [6.07, 6.45) is 0. The molecule has 1 aromatic carbocycles. The van der Waals surface area contributed by atoms with Gasteiger partial charge in [-0.2, -0.15) is 0 Å². The van der Waals surface area contributed by atoms with Gasteiger partial charge in [-0.25, -0.2) is 4.79 Å². The number of aliphatic hydroxyl groups is 1. The Labute approximate surface area is 163 Å². The van der Waals surface area contributed by atoms with E-state index in [2.05, 4.69) is 47.8 Å². The number of benzene rings is 1. The van der Waals surface area contributed by atoms with E-state index in [4.69, 9.17) is 4.42 Å². The van der Waals surface area contributed by atoms with E-state index < -0.39 is 5.63 Å². The molecule has 1 radical (unpaired) electrons. The van der Waals surface area contributed by atoms with E-state index in [0.29, 0.717) is 15.4 Å². The second-order valence-electron chi connectivity index (χ2n) is 3.24. The molecule has 2 N–H and O–H groups in total. The summed E-state index contributed by atoms with van der Waals surface area (Å²) in [7, 11) is 0. The van der Waals surface area contributed by atoms with Gasteiger partial charge < -0.3 is 14.6 Å². The predicted octanol–water partition coefficient (Wildman–Crippen LogP) is 3.28. The average Bonchev–Trinajstić information content (AvgIpc) is 2.30. The first-order chi connectivity index (χ1) is 7.97. The topological polar surface area (TPSA) is 70.7 Å². The van der Waals surface area contributed by atoms with Crippen LogP contribution in [0.4, 0.5) is 0 Å². The molecule has 0 amide bonds. The standard InChI is InChI=1S/C10H5Br3O4.Ac/c11-5-1-3-4(2-14)6(12)10(16)17-9(3)7(13)8(5)15;/h1,14-15H,2H2;. The Kier molecular flexibility index (Phi) is 6.36. The summed E-state index contributed by atoms with van der Waals surface area (Å²) < 4.78 is 5.94. The van der Waals surface area contributed by atoms with Crippen LogP contribution in [0.3, 0.4) is 0 Å². The summed E-state index contributed by atoms with van der Waals surface area (Å²) >= 11 is 9.39. The van der Waals surface area contributed by atoms with Crippen molar-refractivity contribution in [3.63, 3.8) is 0 Å². The molecule has 0 saturated carbocycles. The van der Waals surface area contributed by atoms with Gasteiger partial charge in [0.25, 0.3) is 0 Å². The van der Waals surface area contributed by atoms with E-state index >= 15 is 0 Å². The second kappa shape index (κ2) is 6.68. The molecule has 0 saturated heterocycles. The molecule has 2 aromatic rings. The fraction of sp³-hybridized carbons (Fsp3) is 0.100. The molecule has 1 aromatic heterocycles. The van der Waals surface area contributed by atoms with Crippen molar-refractivity contribution in [2.24, 2.45) is 0 Å². The minimum Gasteiger partial charge on any atom is -0.505 e. The van der Waals surface area contributed by atoms with Gasteiger partial charge in [-0.05, 0) is 53.9 Å². The number of phenols is 1. The third-order valence-corrected chi connectivity index (χ3v) is 4.41. The molecule has 8 heteroatoms. The van der Waals surface area contributed by atoms with Crippen LogP contribution in [0.5, 0.6) is 5.75 Å². The molecule has 0 aliphatic carbocycles. The van der Waals surface area contributed by atoms with E-state index in [0.717, 1.165) is 0 Å². The van der Waals surface area contributed by atoms with Crippen molar-refractivity contribution in [1.29, 1.82) is 0 Å². The number of phenolic OH excluding ortho intramolecular Hbond substituents is 1. The average molecular weight is 656 g/mol. The summed E-state index contributed by atoms with van der Waals surface area (Å²) in [5.74, 6) is -0.0631. The van der Waals surface area contributed by atoms with Crippen LogP contribution in [-0.2, 0) is 6.61 Å². The van der Waals surface area contributed by atoms with E-state index in [1.165, 1.54) is 0 Å². The summed E-state index contributed by atoms with van der Waals surface area (Å²) in [5.41, 5.74) is 0.00423. The van der Waals surface area contributed by atoms with Crippen LogP contribution >= 0.6 is 47.8 Å². The maximum absolute atomic E-state index is 11.5. The second-order valence-corrected chi connectivity index (χ2v) is 5.68. The third kappa shape index (κ3) is 2.89. The predicted molar refractivity (Wildman–Crippen MR) is 73.2 cm³/mol. The van der Waals surface area contributed by atoms with Gasteiger partial charge in [0.05, 0.1) is 11.1 Å². The van der Waals surface area contributed by atoms with Crippen molar-refractivity contribution < 1.29 is 58.7 Å². The Bertz CT molecular complexity index is 668. The van der Waals surface area contributed by atoms with E-state index in [9.17, 15) is 15.0 Å². The van der Waals surface area contributed by atoms with Crippen molar-refractivity contribution >= 4 is 58.8 Å². The molecular formula is C10H5AcBr3O4. The number of halogens is 3. The van der Waals surface area contributed by atoms with Crippen LogP contribution < -0.4 is 5.63 Å². The van der Waals surface area contributed by atoms with Crippen molar-refractivity contribution in [3.8, 4) is 5.75 Å². The molecule has 0 aliphatic heterocycles. The van der Waals surface area contributed by atoms with Gasteiger partial charge in [0.15, 0.2) is 5.58 Å². The van der Waals surface area contributed by atoms with Crippen LogP contribution in [-0.4, -0.2) is 10.2 Å². The van der Waals surface area contributed by atoms with E-state index in [1.807, 2.05) is 0 Å². The molecule has 0 aliphatic rings. The van der Waals surface area contributed by atoms with Gasteiger partial charge in [0, 0.05) is 55.0 Å². The van der Waals surface area contributed by atoms with Crippen LogP contribution in [0.25, 0.3) is 11.0 Å². The molecule has 0 fully saturated rings. The smallest absolute Gasteiger partial charge is 0.351 e. The molecule has 0 unspecified atom stereocenters. The fourth-order valence-electron chi connectivity index (χ4n) is 1.45. The number of fused-ring (bicyclic) bond motifs is 1. The largest absolute Gasteiger partial charge is 0.505 e. The first kappa shape index (κ1) is 17.1. The minimum atomic E-state index is -0.607. The van der Waals surface area contributed by atoms with E-state index in [1.54, 1.807) is 6.07 Å². The minimum absolute atomic E-state index is 0. The Morgan fingerprint density at radius 2 is 1.83 bits per heavy atom. The van der Waals surface area contributed by atoms with Crippen molar-refractivity contribution in [3.05, 3.63) is 35.5 Å². The van der Waals surface area contributed by atoms with Crippen molar-refractivity contribution in [2.45, 2.75) is 6.61 Å². The van der Waals surface area contributed by atoms with Gasteiger partial charge >= 0.3 is 5.63 Å². The molecule has 0 spiro atoms. The summed E-state index contributed by atoms with van der Waals surface area (Å²) in [4.78, 5) is 11.5. The van der Waals surface area contributed by atoms with E-state index in [-0.39, 0.29) is 70.9 Å². The van der Waals surface area contributed by atoms with Gasteiger partial charge in [-0.3, -0.25) is 0 Å². The molecule has 0 atom stereocenters. The van der Waals surface area contributed by atoms with Crippen LogP contribution in [0, 0.1) is 44.1 Å². The number of aromatic hydroxyl groups is 1. The van der Waals surface area contributed by atoms with Gasteiger partial charge in [-0.15, -0.1) is 0 Å². The summed E-state index contributed by atoms with van der Waals surface area (Å²) in [6.45, 7) is -0.313. The first-order valence-corrected chi connectivity index (χ1v) is 6.78. The molecular weight excluding hydrogens is 651 g/mol. The SMILES string of the molecule is O=c1oc2c(Br)c(O)c(Br)cc2c(CO)c1Br.[Ac].